The van der Waals surface area contributed by atoms with Crippen LogP contribution in [0.5, 0.6) is 0 Å². The van der Waals surface area contributed by atoms with Gasteiger partial charge in [0.2, 0.25) is 0 Å². The molecule has 5 rings (SSSR count). The maximum atomic E-state index is 13.3. The van der Waals surface area contributed by atoms with E-state index in [1.807, 2.05) is 18.3 Å². The third kappa shape index (κ3) is 7.99. The van der Waals surface area contributed by atoms with Gasteiger partial charge in [-0.05, 0) is 80.8 Å². The summed E-state index contributed by atoms with van der Waals surface area (Å²) in [5, 5.41) is 6.97. The van der Waals surface area contributed by atoms with Crippen molar-refractivity contribution in [3.05, 3.63) is 76.2 Å². The van der Waals surface area contributed by atoms with Crippen LogP contribution < -0.4 is 15.5 Å². The molecular weight excluding hydrogens is 547 g/mol. The smallest absolute Gasteiger partial charge is 0.252 e. The lowest BCUT2D eigenvalue weighted by Crippen LogP contribution is -2.44. The van der Waals surface area contributed by atoms with Gasteiger partial charge in [0.1, 0.15) is 0 Å². The van der Waals surface area contributed by atoms with Gasteiger partial charge in [0.15, 0.2) is 0 Å². The minimum Gasteiger partial charge on any atom is -0.369 e. The zero-order chi connectivity index (χ0) is 25.8. The second-order valence-corrected chi connectivity index (χ2v) is 11.9. The highest BCUT2D eigenvalue weighted by atomic mass is 35.5. The Balaban J connectivity index is 0.00000210. The average Bonchev–Trinajstić information content (AvgIpc) is 3.61. The quantitative estimate of drug-likeness (QED) is 0.302. The van der Waals surface area contributed by atoms with Crippen LogP contribution in [-0.4, -0.2) is 50.1 Å². The van der Waals surface area contributed by atoms with E-state index in [9.17, 15) is 4.79 Å². The summed E-state index contributed by atoms with van der Waals surface area (Å²) in [5.74, 6) is -0.0113. The number of nitrogens with one attached hydrogen (secondary N) is 2. The van der Waals surface area contributed by atoms with Gasteiger partial charge in [-0.25, -0.2) is 0 Å². The van der Waals surface area contributed by atoms with E-state index in [1.54, 1.807) is 0 Å². The van der Waals surface area contributed by atoms with Crippen LogP contribution in [0.1, 0.15) is 65.0 Å². The molecule has 1 atom stereocenters. The fraction of sp³-hybridized carbons (Fsp3) is 0.452. The average molecular weight is 590 g/mol. The van der Waals surface area contributed by atoms with Gasteiger partial charge in [-0.3, -0.25) is 4.79 Å². The van der Waals surface area contributed by atoms with E-state index in [0.29, 0.717) is 6.04 Å². The monoisotopic (exact) mass is 588 g/mol. The predicted octanol–water partition coefficient (Wildman–Crippen LogP) is 6.84. The number of aryl methyl sites for hydroxylation is 1. The molecule has 5 nitrogen and oxygen atoms in total. The Bertz CT molecular complexity index is 1220. The molecule has 2 aliphatic rings. The maximum Gasteiger partial charge on any atom is 0.252 e. The Morgan fingerprint density at radius 3 is 2.49 bits per heavy atom. The van der Waals surface area contributed by atoms with E-state index in [0.717, 1.165) is 55.1 Å². The van der Waals surface area contributed by atoms with Crippen molar-refractivity contribution in [1.82, 2.24) is 15.5 Å². The number of anilines is 1. The largest absolute Gasteiger partial charge is 0.369 e. The number of likely N-dealkylation sites (N-methyl/N-ethyl adjacent to an activating group) is 1. The number of rotatable bonds is 8. The van der Waals surface area contributed by atoms with Crippen molar-refractivity contribution in [1.29, 1.82) is 0 Å². The summed E-state index contributed by atoms with van der Waals surface area (Å²) in [4.78, 5) is 20.7. The molecule has 3 aromatic rings. The number of carbonyl (C=O) groups excluding carboxylic acids is 1. The molecule has 0 radical (unpaired) electrons. The lowest BCUT2D eigenvalue weighted by atomic mass is 10.0. The number of thiophene rings is 1. The number of amides is 1. The lowest BCUT2D eigenvalue weighted by Gasteiger charge is -2.34. The standard InChI is InChI=1S/C31H40N4OS.2ClH/c1-22-11-12-27(35-17-15-34(3)16-18-35)20-29(22)31(36)33-23(2)24-7-6-8-25(19-24)30-14-13-28(37-30)21-32-26-9-4-5-10-26;;/h6-8,11-14,19-20,23,26,32H,4-5,9-10,15-18,21H2,1-3H3,(H,33,36);2*1H/t23-;;/m1../s1. The molecular formula is C31H42Cl2N4OS. The van der Waals surface area contributed by atoms with Gasteiger partial charge < -0.3 is 20.4 Å². The van der Waals surface area contributed by atoms with Gasteiger partial charge in [0.05, 0.1) is 6.04 Å². The van der Waals surface area contributed by atoms with Gasteiger partial charge in [0, 0.05) is 59.8 Å². The topological polar surface area (TPSA) is 47.6 Å². The summed E-state index contributed by atoms with van der Waals surface area (Å²) in [7, 11) is 2.16. The lowest BCUT2D eigenvalue weighted by molar-refractivity contribution is 0.0939. The first-order valence-electron chi connectivity index (χ1n) is 13.7. The van der Waals surface area contributed by atoms with Gasteiger partial charge in [-0.2, -0.15) is 0 Å². The third-order valence-electron chi connectivity index (χ3n) is 7.93. The zero-order valence-electron chi connectivity index (χ0n) is 23.2. The first-order valence-corrected chi connectivity index (χ1v) is 14.6. The number of hydrogen-bond donors (Lipinski definition) is 2. The Morgan fingerprint density at radius 2 is 1.74 bits per heavy atom. The van der Waals surface area contributed by atoms with E-state index in [1.165, 1.54) is 41.0 Å². The van der Waals surface area contributed by atoms with Crippen LogP contribution in [0.2, 0.25) is 0 Å². The SMILES string of the molecule is Cc1ccc(N2CCN(C)CC2)cc1C(=O)N[C@H](C)c1cccc(-c2ccc(CNC3CCCC3)s2)c1.Cl.Cl. The summed E-state index contributed by atoms with van der Waals surface area (Å²) >= 11 is 1.86. The zero-order valence-corrected chi connectivity index (χ0v) is 25.7. The normalized spacial score (nSPS) is 16.8. The van der Waals surface area contributed by atoms with Crippen LogP contribution >= 0.6 is 36.2 Å². The second kappa shape index (κ2) is 14.5. The molecule has 1 saturated heterocycles. The molecule has 1 aliphatic heterocycles. The summed E-state index contributed by atoms with van der Waals surface area (Å²) in [6.07, 6.45) is 5.33. The van der Waals surface area contributed by atoms with Crippen LogP contribution in [0.3, 0.4) is 0 Å². The first-order chi connectivity index (χ1) is 18.0. The van der Waals surface area contributed by atoms with Gasteiger partial charge >= 0.3 is 0 Å². The van der Waals surface area contributed by atoms with Gasteiger partial charge in [-0.1, -0.05) is 37.1 Å². The summed E-state index contributed by atoms with van der Waals surface area (Å²) in [6.45, 7) is 9.12. The van der Waals surface area contributed by atoms with Crippen molar-refractivity contribution < 1.29 is 4.79 Å². The molecule has 0 spiro atoms. The molecule has 1 amide bonds. The highest BCUT2D eigenvalue weighted by Crippen LogP contribution is 2.31. The molecule has 2 fully saturated rings. The highest BCUT2D eigenvalue weighted by Gasteiger charge is 2.19. The molecule has 212 valence electrons. The molecule has 8 heteroatoms. The fourth-order valence-corrected chi connectivity index (χ4v) is 6.39. The van der Waals surface area contributed by atoms with E-state index in [2.05, 4.69) is 89.0 Å². The number of carbonyl (C=O) groups is 1. The Hall–Kier alpha value is -2.09. The highest BCUT2D eigenvalue weighted by molar-refractivity contribution is 7.15. The maximum absolute atomic E-state index is 13.3. The fourth-order valence-electron chi connectivity index (χ4n) is 5.44. The molecule has 2 N–H and O–H groups in total. The number of hydrogen-bond acceptors (Lipinski definition) is 5. The Labute approximate surface area is 250 Å². The Morgan fingerprint density at radius 1 is 1.00 bits per heavy atom. The van der Waals surface area contributed by atoms with Crippen molar-refractivity contribution in [2.45, 2.75) is 58.2 Å². The van der Waals surface area contributed by atoms with Crippen LogP contribution in [-0.2, 0) is 6.54 Å². The molecule has 2 aromatic carbocycles. The minimum absolute atomic E-state index is 0. The molecule has 1 aromatic heterocycles. The van der Waals surface area contributed by atoms with E-state index < -0.39 is 0 Å². The minimum atomic E-state index is -0.0809. The predicted molar refractivity (Wildman–Crippen MR) is 170 cm³/mol. The molecule has 1 saturated carbocycles. The van der Waals surface area contributed by atoms with E-state index >= 15 is 0 Å². The first kappa shape index (κ1) is 31.4. The molecule has 1 aliphatic carbocycles. The number of benzene rings is 2. The number of nitrogens with zero attached hydrogens (tertiary/aromatic N) is 2. The second-order valence-electron chi connectivity index (χ2n) is 10.7. The molecule has 0 bridgehead atoms. The summed E-state index contributed by atoms with van der Waals surface area (Å²) < 4.78 is 0. The third-order valence-corrected chi connectivity index (χ3v) is 9.07. The molecule has 2 heterocycles. The van der Waals surface area contributed by atoms with Crippen molar-refractivity contribution in [2.24, 2.45) is 0 Å². The van der Waals surface area contributed by atoms with Gasteiger partial charge in [-0.15, -0.1) is 36.2 Å². The van der Waals surface area contributed by atoms with E-state index in [4.69, 9.17) is 0 Å². The van der Waals surface area contributed by atoms with Crippen LogP contribution in [0.4, 0.5) is 5.69 Å². The van der Waals surface area contributed by atoms with Crippen LogP contribution in [0.25, 0.3) is 10.4 Å². The van der Waals surface area contributed by atoms with Gasteiger partial charge in [0.25, 0.3) is 5.91 Å². The van der Waals surface area contributed by atoms with E-state index in [-0.39, 0.29) is 36.8 Å². The van der Waals surface area contributed by atoms with Crippen molar-refractivity contribution >= 4 is 47.7 Å². The summed E-state index contributed by atoms with van der Waals surface area (Å²) in [5.41, 5.74) is 5.24. The van der Waals surface area contributed by atoms with Crippen LogP contribution in [0.15, 0.2) is 54.6 Å². The molecule has 39 heavy (non-hydrogen) atoms. The van der Waals surface area contributed by atoms with Crippen molar-refractivity contribution in [3.8, 4) is 10.4 Å². The number of piperazine rings is 1. The van der Waals surface area contributed by atoms with Crippen molar-refractivity contribution in [3.63, 3.8) is 0 Å². The van der Waals surface area contributed by atoms with Crippen LogP contribution in [0, 0.1) is 6.92 Å². The number of halogens is 2. The van der Waals surface area contributed by atoms with Crippen molar-refractivity contribution in [2.75, 3.05) is 38.1 Å². The molecule has 0 unspecified atom stereocenters. The summed E-state index contributed by atoms with van der Waals surface area (Å²) in [6, 6.07) is 20.0. The Kier molecular flexibility index (Phi) is 11.7.